The Balaban J connectivity index is 1.35. The second kappa shape index (κ2) is 10.2. The molecule has 184 valence electrons. The topological polar surface area (TPSA) is 104 Å². The van der Waals surface area contributed by atoms with E-state index in [0.29, 0.717) is 25.3 Å². The first-order valence-electron chi connectivity index (χ1n) is 10.9. The third-order valence-corrected chi connectivity index (χ3v) is 6.88. The van der Waals surface area contributed by atoms with Gasteiger partial charge in [-0.25, -0.2) is 9.29 Å². The Morgan fingerprint density at radius 2 is 1.91 bits per heavy atom. The number of rotatable bonds is 6. The average molecular weight is 504 g/mol. The van der Waals surface area contributed by atoms with E-state index in [1.807, 2.05) is 41.6 Å². The second-order valence-corrected chi connectivity index (χ2v) is 9.41. The number of β-amino-alcohol motifs (C(OH)–C–C–N with tert-alkyl or cyclic N) is 1. The maximum atomic E-state index is 12.7. The number of carbonyl (C=O) groups excluding carboxylic acids is 1. The Kier molecular flexibility index (Phi) is 7.29. The zero-order valence-electron chi connectivity index (χ0n) is 18.8. The molecule has 2 unspecified atom stereocenters. The number of halogens is 3. The molecule has 1 aromatic carbocycles. The Labute approximate surface area is 204 Å². The van der Waals surface area contributed by atoms with Crippen LogP contribution in [0.2, 0.25) is 0 Å². The van der Waals surface area contributed by atoms with Crippen LogP contribution in [0.4, 0.5) is 19.0 Å². The van der Waals surface area contributed by atoms with Crippen LogP contribution < -0.4 is 11.1 Å². The van der Waals surface area contributed by atoms with Gasteiger partial charge in [-0.2, -0.15) is 13.2 Å². The highest BCUT2D eigenvalue weighted by molar-refractivity contribution is 7.97. The highest BCUT2D eigenvalue weighted by atomic mass is 32.2. The number of nitrogens with two attached hydrogens (primary N) is 1. The van der Waals surface area contributed by atoms with Crippen LogP contribution in [0, 0.1) is 6.92 Å². The molecular formula is C24H24F3N5O2S. The number of aliphatic hydroxyl groups is 1. The van der Waals surface area contributed by atoms with Gasteiger partial charge < -0.3 is 16.2 Å². The summed E-state index contributed by atoms with van der Waals surface area (Å²) in [5, 5.41) is 13.6. The van der Waals surface area contributed by atoms with Gasteiger partial charge in [0.1, 0.15) is 11.5 Å². The lowest BCUT2D eigenvalue weighted by Gasteiger charge is -2.35. The molecule has 1 fully saturated rings. The van der Waals surface area contributed by atoms with Crippen LogP contribution in [0.3, 0.4) is 0 Å². The molecule has 0 saturated carbocycles. The zero-order chi connectivity index (χ0) is 25.2. The fraction of sp³-hybridized carbons (Fsp3) is 0.292. The predicted octanol–water partition coefficient (Wildman–Crippen LogP) is 4.12. The Morgan fingerprint density at radius 1 is 1.17 bits per heavy atom. The molecule has 1 aliphatic heterocycles. The molecule has 3 heterocycles. The van der Waals surface area contributed by atoms with Crippen LogP contribution in [0.15, 0.2) is 59.8 Å². The van der Waals surface area contributed by atoms with Crippen LogP contribution >= 0.6 is 11.9 Å². The monoisotopic (exact) mass is 503 g/mol. The molecule has 4 rings (SSSR count). The molecule has 2 aromatic heterocycles. The van der Waals surface area contributed by atoms with Crippen molar-refractivity contribution in [3.63, 3.8) is 0 Å². The van der Waals surface area contributed by atoms with Crippen LogP contribution in [-0.2, 0) is 6.18 Å². The molecule has 7 nitrogen and oxygen atoms in total. The number of benzene rings is 1. The van der Waals surface area contributed by atoms with E-state index in [9.17, 15) is 23.1 Å². The molecule has 2 atom stereocenters. The Hall–Kier alpha value is -3.15. The van der Waals surface area contributed by atoms with Crippen molar-refractivity contribution in [3.8, 4) is 11.1 Å². The number of pyridine rings is 2. The quantitative estimate of drug-likeness (QED) is 0.435. The minimum Gasteiger partial charge on any atom is -0.390 e. The summed E-state index contributed by atoms with van der Waals surface area (Å²) in [5.74, 6) is -0.272. The van der Waals surface area contributed by atoms with Crippen molar-refractivity contribution < 1.29 is 23.1 Å². The summed E-state index contributed by atoms with van der Waals surface area (Å²) in [6, 6.07) is 11.6. The molecule has 11 heteroatoms. The van der Waals surface area contributed by atoms with Gasteiger partial charge in [-0.15, -0.1) is 0 Å². The number of hydrogen-bond acceptors (Lipinski definition) is 7. The Morgan fingerprint density at radius 3 is 2.51 bits per heavy atom. The fourth-order valence-electron chi connectivity index (χ4n) is 3.93. The molecule has 35 heavy (non-hydrogen) atoms. The molecule has 0 aliphatic carbocycles. The van der Waals surface area contributed by atoms with Crippen molar-refractivity contribution >= 4 is 23.7 Å². The van der Waals surface area contributed by atoms with E-state index in [4.69, 9.17) is 5.73 Å². The smallest absolute Gasteiger partial charge is 0.390 e. The molecular weight excluding hydrogens is 479 g/mol. The van der Waals surface area contributed by atoms with Crippen LogP contribution in [-0.4, -0.2) is 50.5 Å². The number of alkyl halides is 3. The molecule has 3 aromatic rings. The van der Waals surface area contributed by atoms with Crippen LogP contribution in [0.5, 0.6) is 0 Å². The Bertz CT molecular complexity index is 1190. The van der Waals surface area contributed by atoms with Crippen molar-refractivity contribution in [2.75, 3.05) is 18.4 Å². The van der Waals surface area contributed by atoms with Crippen molar-refractivity contribution in [2.45, 2.75) is 36.6 Å². The minimum atomic E-state index is -4.44. The maximum Gasteiger partial charge on any atom is 0.417 e. The SMILES string of the molecule is Cc1c(-c2ccc(SN3CCC(Nc4ccc(C(F)(F)F)cn4)C(O)C3)cc2)ccnc1C(N)=O. The number of anilines is 1. The lowest BCUT2D eigenvalue weighted by atomic mass is 10.00. The van der Waals surface area contributed by atoms with Crippen molar-refractivity contribution in [1.82, 2.24) is 14.3 Å². The largest absolute Gasteiger partial charge is 0.417 e. The van der Waals surface area contributed by atoms with Gasteiger partial charge in [0.2, 0.25) is 0 Å². The van der Waals surface area contributed by atoms with Gasteiger partial charge in [0.25, 0.3) is 5.91 Å². The lowest BCUT2D eigenvalue weighted by molar-refractivity contribution is -0.137. The molecule has 0 radical (unpaired) electrons. The van der Waals surface area contributed by atoms with E-state index in [1.54, 1.807) is 6.20 Å². The predicted molar refractivity (Wildman–Crippen MR) is 128 cm³/mol. The first kappa shape index (κ1) is 25.0. The minimum absolute atomic E-state index is 0.248. The van der Waals surface area contributed by atoms with Gasteiger partial charge in [-0.1, -0.05) is 12.1 Å². The van der Waals surface area contributed by atoms with E-state index in [1.165, 1.54) is 18.0 Å². The van der Waals surface area contributed by atoms with Crippen molar-refractivity contribution in [2.24, 2.45) is 5.73 Å². The number of aliphatic hydroxyl groups excluding tert-OH is 1. The number of piperidine rings is 1. The highest BCUT2D eigenvalue weighted by Crippen LogP contribution is 2.32. The average Bonchev–Trinajstić information content (AvgIpc) is 2.81. The first-order valence-corrected chi connectivity index (χ1v) is 11.7. The number of carbonyl (C=O) groups is 1. The molecule has 1 amide bonds. The van der Waals surface area contributed by atoms with Gasteiger partial charge in [-0.3, -0.25) is 9.78 Å². The van der Waals surface area contributed by atoms with Crippen molar-refractivity contribution in [1.29, 1.82) is 0 Å². The third-order valence-electron chi connectivity index (χ3n) is 5.81. The summed E-state index contributed by atoms with van der Waals surface area (Å²) in [5.41, 5.74) is 7.37. The van der Waals surface area contributed by atoms with E-state index >= 15 is 0 Å². The molecule has 0 spiro atoms. The summed E-state index contributed by atoms with van der Waals surface area (Å²) < 4.78 is 40.2. The number of nitrogens with zero attached hydrogens (tertiary/aromatic N) is 3. The second-order valence-electron chi connectivity index (χ2n) is 8.24. The lowest BCUT2D eigenvalue weighted by Crippen LogP contribution is -2.47. The molecule has 0 bridgehead atoms. The van der Waals surface area contributed by atoms with E-state index in [2.05, 4.69) is 15.3 Å². The number of amides is 1. The summed E-state index contributed by atoms with van der Waals surface area (Å²) in [6.45, 7) is 2.87. The normalized spacial score (nSPS) is 18.9. The first-order chi connectivity index (χ1) is 16.6. The number of hydrogen-bond donors (Lipinski definition) is 3. The van der Waals surface area contributed by atoms with Crippen molar-refractivity contribution in [3.05, 3.63) is 71.7 Å². The van der Waals surface area contributed by atoms with Gasteiger partial charge in [0.15, 0.2) is 0 Å². The van der Waals surface area contributed by atoms with E-state index < -0.39 is 23.8 Å². The fourth-order valence-corrected chi connectivity index (χ4v) is 4.91. The van der Waals surface area contributed by atoms with Gasteiger partial charge >= 0.3 is 6.18 Å². The molecule has 1 aliphatic rings. The standard InChI is InChI=1S/C24H24F3N5O2S/c1-14-18(8-10-29-22(14)23(28)34)15-2-5-17(6-3-15)35-32-11-9-19(20(33)13-32)31-21-7-4-16(12-30-21)24(25,26)27/h2-8,10,12,19-20,33H,9,11,13H2,1H3,(H2,28,34)(H,30,31). The summed E-state index contributed by atoms with van der Waals surface area (Å²) in [6.07, 6.45) is -2.21. The molecule has 1 saturated heterocycles. The number of nitrogens with one attached hydrogen (secondary N) is 1. The van der Waals surface area contributed by atoms with Crippen LogP contribution in [0.25, 0.3) is 11.1 Å². The van der Waals surface area contributed by atoms with E-state index in [-0.39, 0.29) is 11.7 Å². The summed E-state index contributed by atoms with van der Waals surface area (Å²) >= 11 is 1.52. The highest BCUT2D eigenvalue weighted by Gasteiger charge is 2.31. The van der Waals surface area contributed by atoms with Crippen LogP contribution in [0.1, 0.15) is 28.0 Å². The van der Waals surface area contributed by atoms with Gasteiger partial charge in [0, 0.05) is 30.4 Å². The summed E-state index contributed by atoms with van der Waals surface area (Å²) in [4.78, 5) is 20.4. The molecule has 4 N–H and O–H groups in total. The number of aromatic nitrogens is 2. The third kappa shape index (κ3) is 5.92. The van der Waals surface area contributed by atoms with E-state index in [0.717, 1.165) is 33.8 Å². The van der Waals surface area contributed by atoms with Gasteiger partial charge in [-0.05, 0) is 72.3 Å². The zero-order valence-corrected chi connectivity index (χ0v) is 19.6. The number of primary amides is 1. The maximum absolute atomic E-state index is 12.7. The van der Waals surface area contributed by atoms with Gasteiger partial charge in [0.05, 0.1) is 17.7 Å². The summed E-state index contributed by atoms with van der Waals surface area (Å²) in [7, 11) is 0.